The molecule has 0 saturated carbocycles. The molecule has 1 amide bonds. The molecule has 0 radical (unpaired) electrons. The number of hydrogen-bond acceptors (Lipinski definition) is 3. The van der Waals surface area contributed by atoms with Crippen LogP contribution in [0.4, 0.5) is 5.69 Å². The number of benzene rings is 1. The zero-order valence-corrected chi connectivity index (χ0v) is 12.9. The molecule has 2 N–H and O–H groups in total. The van der Waals surface area contributed by atoms with E-state index >= 15 is 0 Å². The van der Waals surface area contributed by atoms with Gasteiger partial charge in [0.25, 0.3) is 5.91 Å². The molecule has 0 saturated heterocycles. The van der Waals surface area contributed by atoms with Gasteiger partial charge in [0.1, 0.15) is 0 Å². The third-order valence-corrected chi connectivity index (χ3v) is 4.07. The Labute approximate surface area is 126 Å². The monoisotopic (exact) mass is 291 g/mol. The first kappa shape index (κ1) is 16.0. The summed E-state index contributed by atoms with van der Waals surface area (Å²) in [6.07, 6.45) is 3.62. The highest BCUT2D eigenvalue weighted by Crippen LogP contribution is 2.42. The molecule has 1 aromatic carbocycles. The third-order valence-electron chi connectivity index (χ3n) is 4.07. The molecule has 116 valence electrons. The number of anilines is 1. The van der Waals surface area contributed by atoms with Gasteiger partial charge in [-0.05, 0) is 19.4 Å². The zero-order chi connectivity index (χ0) is 15.5. The minimum atomic E-state index is -1.59. The van der Waals surface area contributed by atoms with Crippen LogP contribution in [0.2, 0.25) is 0 Å². The molecule has 4 nitrogen and oxygen atoms in total. The predicted molar refractivity (Wildman–Crippen MR) is 83.1 cm³/mol. The van der Waals surface area contributed by atoms with Crippen LogP contribution in [-0.4, -0.2) is 28.8 Å². The number of aliphatic hydroxyl groups excluding tert-OH is 1. The normalized spacial score (nSPS) is 22.5. The Hall–Kier alpha value is -1.39. The van der Waals surface area contributed by atoms with Gasteiger partial charge in [0.05, 0.1) is 11.8 Å². The van der Waals surface area contributed by atoms with Crippen molar-refractivity contribution in [2.75, 3.05) is 11.4 Å². The summed E-state index contributed by atoms with van der Waals surface area (Å²) in [6, 6.07) is 7.34. The van der Waals surface area contributed by atoms with Crippen molar-refractivity contribution in [2.45, 2.75) is 57.7 Å². The average Bonchev–Trinajstić information content (AvgIpc) is 2.65. The van der Waals surface area contributed by atoms with Crippen LogP contribution < -0.4 is 4.90 Å². The van der Waals surface area contributed by atoms with Crippen LogP contribution in [0, 0.1) is 0 Å². The van der Waals surface area contributed by atoms with E-state index in [-0.39, 0.29) is 12.3 Å². The Morgan fingerprint density at radius 3 is 2.62 bits per heavy atom. The van der Waals surface area contributed by atoms with E-state index < -0.39 is 11.7 Å². The van der Waals surface area contributed by atoms with E-state index in [1.807, 2.05) is 18.2 Å². The number of hydrogen-bond donors (Lipinski definition) is 2. The summed E-state index contributed by atoms with van der Waals surface area (Å²) in [5.74, 6) is -0.305. The standard InChI is InChI=1S/C17H25NO3/c1-3-4-5-8-11-18-15-10-7-6-9-14(15)17(21,16(18)20)12-13(2)19/h6-7,9-10,13,19,21H,3-5,8,11-12H2,1-2H3/t13-,17-/m0/s1. The van der Waals surface area contributed by atoms with Crippen LogP contribution in [0.5, 0.6) is 0 Å². The number of rotatable bonds is 7. The van der Waals surface area contributed by atoms with Crippen molar-refractivity contribution in [2.24, 2.45) is 0 Å². The number of aliphatic hydroxyl groups is 2. The van der Waals surface area contributed by atoms with Crippen molar-refractivity contribution in [3.05, 3.63) is 29.8 Å². The van der Waals surface area contributed by atoms with Crippen LogP contribution in [0.15, 0.2) is 24.3 Å². The molecular formula is C17H25NO3. The summed E-state index contributed by atoms with van der Waals surface area (Å²) in [7, 11) is 0. The van der Waals surface area contributed by atoms with Gasteiger partial charge < -0.3 is 15.1 Å². The van der Waals surface area contributed by atoms with Crippen LogP contribution in [0.25, 0.3) is 0 Å². The second-order valence-corrected chi connectivity index (χ2v) is 5.95. The second-order valence-electron chi connectivity index (χ2n) is 5.95. The molecule has 1 heterocycles. The second kappa shape index (κ2) is 6.58. The first-order chi connectivity index (χ1) is 10.0. The minimum absolute atomic E-state index is 0.0360. The van der Waals surface area contributed by atoms with Crippen molar-refractivity contribution in [3.8, 4) is 0 Å². The molecule has 0 aliphatic carbocycles. The van der Waals surface area contributed by atoms with Gasteiger partial charge in [0, 0.05) is 18.5 Å². The number of carbonyl (C=O) groups excluding carboxylic acids is 1. The molecule has 0 aromatic heterocycles. The maximum absolute atomic E-state index is 12.6. The smallest absolute Gasteiger partial charge is 0.263 e. The quantitative estimate of drug-likeness (QED) is 0.759. The zero-order valence-electron chi connectivity index (χ0n) is 12.9. The highest BCUT2D eigenvalue weighted by atomic mass is 16.3. The highest BCUT2D eigenvalue weighted by molar-refractivity contribution is 6.06. The van der Waals surface area contributed by atoms with E-state index in [0.717, 1.165) is 31.4 Å². The first-order valence-corrected chi connectivity index (χ1v) is 7.82. The van der Waals surface area contributed by atoms with Gasteiger partial charge in [0.2, 0.25) is 0 Å². The Balaban J connectivity index is 2.22. The molecule has 4 heteroatoms. The average molecular weight is 291 g/mol. The van der Waals surface area contributed by atoms with Gasteiger partial charge in [-0.2, -0.15) is 0 Å². The van der Waals surface area contributed by atoms with Gasteiger partial charge in [-0.15, -0.1) is 0 Å². The summed E-state index contributed by atoms with van der Waals surface area (Å²) in [5.41, 5.74) is -0.191. The lowest BCUT2D eigenvalue weighted by Gasteiger charge is -2.24. The molecule has 1 aliphatic heterocycles. The Morgan fingerprint density at radius 2 is 1.95 bits per heavy atom. The van der Waals surface area contributed by atoms with Crippen molar-refractivity contribution in [3.63, 3.8) is 0 Å². The molecule has 0 bridgehead atoms. The van der Waals surface area contributed by atoms with Gasteiger partial charge in [-0.3, -0.25) is 4.79 Å². The van der Waals surface area contributed by atoms with E-state index in [4.69, 9.17) is 0 Å². The molecule has 21 heavy (non-hydrogen) atoms. The summed E-state index contributed by atoms with van der Waals surface area (Å²) in [5, 5.41) is 20.4. The molecule has 1 aliphatic rings. The summed E-state index contributed by atoms with van der Waals surface area (Å²) in [6.45, 7) is 4.37. The number of carbonyl (C=O) groups is 1. The lowest BCUT2D eigenvalue weighted by atomic mass is 9.90. The first-order valence-electron chi connectivity index (χ1n) is 7.82. The number of fused-ring (bicyclic) bond motifs is 1. The fourth-order valence-electron chi connectivity index (χ4n) is 3.05. The van der Waals surface area contributed by atoms with Crippen LogP contribution in [-0.2, 0) is 10.4 Å². The summed E-state index contributed by atoms with van der Waals surface area (Å²) < 4.78 is 0. The molecule has 2 rings (SSSR count). The van der Waals surface area contributed by atoms with Crippen molar-refractivity contribution < 1.29 is 15.0 Å². The van der Waals surface area contributed by atoms with E-state index in [2.05, 4.69) is 6.92 Å². The lowest BCUT2D eigenvalue weighted by molar-refractivity contribution is -0.139. The molecule has 2 atom stereocenters. The van der Waals surface area contributed by atoms with Gasteiger partial charge in [-0.25, -0.2) is 0 Å². The topological polar surface area (TPSA) is 60.8 Å². The molecule has 0 fully saturated rings. The van der Waals surface area contributed by atoms with Gasteiger partial charge in [0.15, 0.2) is 5.60 Å². The van der Waals surface area contributed by atoms with Gasteiger partial charge >= 0.3 is 0 Å². The van der Waals surface area contributed by atoms with E-state index in [1.165, 1.54) is 0 Å². The van der Waals surface area contributed by atoms with Crippen molar-refractivity contribution >= 4 is 11.6 Å². The molecule has 1 aromatic rings. The molecular weight excluding hydrogens is 266 g/mol. The van der Waals surface area contributed by atoms with Crippen LogP contribution in [0.1, 0.15) is 51.5 Å². The van der Waals surface area contributed by atoms with Crippen LogP contribution in [0.3, 0.4) is 0 Å². The number of para-hydroxylation sites is 1. The Kier molecular flexibility index (Phi) is 5.01. The Morgan fingerprint density at radius 1 is 1.24 bits per heavy atom. The highest BCUT2D eigenvalue weighted by Gasteiger charge is 2.49. The molecule has 0 spiro atoms. The predicted octanol–water partition coefficient (Wildman–Crippen LogP) is 2.57. The molecule has 0 unspecified atom stereocenters. The largest absolute Gasteiger partial charge is 0.393 e. The summed E-state index contributed by atoms with van der Waals surface area (Å²) in [4.78, 5) is 14.3. The Bertz CT molecular complexity index is 501. The van der Waals surface area contributed by atoms with E-state index in [1.54, 1.807) is 17.9 Å². The lowest BCUT2D eigenvalue weighted by Crippen LogP contribution is -2.42. The fraction of sp³-hybridized carbons (Fsp3) is 0.588. The van der Waals surface area contributed by atoms with Crippen molar-refractivity contribution in [1.29, 1.82) is 0 Å². The SMILES string of the molecule is CCCCCCN1C(=O)[C@](O)(C[C@H](C)O)c2ccccc21. The van der Waals surface area contributed by atoms with Crippen LogP contribution >= 0.6 is 0 Å². The van der Waals surface area contributed by atoms with E-state index in [0.29, 0.717) is 12.1 Å². The number of nitrogens with zero attached hydrogens (tertiary/aromatic N) is 1. The summed E-state index contributed by atoms with van der Waals surface area (Å²) >= 11 is 0. The van der Waals surface area contributed by atoms with E-state index in [9.17, 15) is 15.0 Å². The number of amides is 1. The minimum Gasteiger partial charge on any atom is -0.393 e. The maximum atomic E-state index is 12.6. The third kappa shape index (κ3) is 3.11. The van der Waals surface area contributed by atoms with Gasteiger partial charge in [-0.1, -0.05) is 44.4 Å². The fourth-order valence-corrected chi connectivity index (χ4v) is 3.05. The number of unbranched alkanes of at least 4 members (excludes halogenated alkanes) is 3. The van der Waals surface area contributed by atoms with Crippen molar-refractivity contribution in [1.82, 2.24) is 0 Å². The maximum Gasteiger partial charge on any atom is 0.263 e.